The number of allylic oxidation sites excluding steroid dienone is 3. The molecular weight excluding hydrogens is 148 g/mol. The van der Waals surface area contributed by atoms with E-state index >= 15 is 0 Å². The molecule has 2 aliphatic carbocycles. The third kappa shape index (κ3) is 0.889. The molecule has 0 unspecified atom stereocenters. The molecule has 1 fully saturated rings. The van der Waals surface area contributed by atoms with E-state index in [1.165, 1.54) is 6.42 Å². The first-order valence-electron chi connectivity index (χ1n) is 4.56. The molecule has 0 amide bonds. The van der Waals surface area contributed by atoms with E-state index in [1.54, 1.807) is 0 Å². The molecule has 0 aliphatic heterocycles. The van der Waals surface area contributed by atoms with Gasteiger partial charge in [0, 0.05) is 5.41 Å². The van der Waals surface area contributed by atoms with Gasteiger partial charge in [-0.3, -0.25) is 0 Å². The Balaban J connectivity index is 2.24. The minimum Gasteiger partial charge on any atom is -0.303 e. The van der Waals surface area contributed by atoms with Gasteiger partial charge in [0.1, 0.15) is 6.29 Å². The monoisotopic (exact) mass is 162 g/mol. The lowest BCUT2D eigenvalue weighted by molar-refractivity contribution is -0.117. The molecular formula is C11H14O. The number of fused-ring (bicyclic) bond motifs is 2. The molecule has 1 heteroatoms. The van der Waals surface area contributed by atoms with Crippen molar-refractivity contribution in [3.05, 3.63) is 24.8 Å². The summed E-state index contributed by atoms with van der Waals surface area (Å²) in [5.41, 5.74) is -0.0822. The fourth-order valence-corrected chi connectivity index (χ4v) is 2.68. The van der Waals surface area contributed by atoms with Gasteiger partial charge < -0.3 is 4.79 Å². The first kappa shape index (κ1) is 7.78. The molecule has 0 N–H and O–H groups in total. The maximum atomic E-state index is 11.0. The zero-order valence-electron chi connectivity index (χ0n) is 7.20. The van der Waals surface area contributed by atoms with Crippen molar-refractivity contribution in [1.82, 2.24) is 0 Å². The number of rotatable bonds is 3. The summed E-state index contributed by atoms with van der Waals surface area (Å²) in [7, 11) is 0. The topological polar surface area (TPSA) is 17.1 Å². The van der Waals surface area contributed by atoms with Gasteiger partial charge in [-0.2, -0.15) is 0 Å². The van der Waals surface area contributed by atoms with Gasteiger partial charge in [-0.05, 0) is 31.1 Å². The highest BCUT2D eigenvalue weighted by Gasteiger charge is 2.47. The van der Waals surface area contributed by atoms with Crippen molar-refractivity contribution >= 4 is 6.29 Å². The largest absolute Gasteiger partial charge is 0.303 e. The van der Waals surface area contributed by atoms with Crippen molar-refractivity contribution in [2.24, 2.45) is 17.3 Å². The Morgan fingerprint density at radius 2 is 2.42 bits per heavy atom. The van der Waals surface area contributed by atoms with Gasteiger partial charge >= 0.3 is 0 Å². The summed E-state index contributed by atoms with van der Waals surface area (Å²) >= 11 is 0. The summed E-state index contributed by atoms with van der Waals surface area (Å²) in [6.45, 7) is 3.72. The maximum Gasteiger partial charge on any atom is 0.127 e. The Morgan fingerprint density at radius 1 is 1.58 bits per heavy atom. The van der Waals surface area contributed by atoms with Crippen molar-refractivity contribution in [3.63, 3.8) is 0 Å². The van der Waals surface area contributed by atoms with Gasteiger partial charge in [0.2, 0.25) is 0 Å². The molecule has 2 aliphatic rings. The van der Waals surface area contributed by atoms with Crippen LogP contribution in [0.3, 0.4) is 0 Å². The van der Waals surface area contributed by atoms with E-state index in [4.69, 9.17) is 0 Å². The second-order valence-electron chi connectivity index (χ2n) is 4.04. The van der Waals surface area contributed by atoms with Crippen molar-refractivity contribution < 1.29 is 4.79 Å². The van der Waals surface area contributed by atoms with E-state index in [0.29, 0.717) is 11.8 Å². The van der Waals surface area contributed by atoms with Gasteiger partial charge in [-0.15, -0.1) is 6.58 Å². The maximum absolute atomic E-state index is 11.0. The summed E-state index contributed by atoms with van der Waals surface area (Å²) in [5, 5.41) is 0. The molecule has 0 aromatic carbocycles. The second-order valence-corrected chi connectivity index (χ2v) is 4.04. The van der Waals surface area contributed by atoms with Crippen LogP contribution >= 0.6 is 0 Å². The first-order valence-corrected chi connectivity index (χ1v) is 4.56. The van der Waals surface area contributed by atoms with Gasteiger partial charge in [-0.1, -0.05) is 18.2 Å². The lowest BCUT2D eigenvalue weighted by atomic mass is 9.74. The summed E-state index contributed by atoms with van der Waals surface area (Å²) in [5.74, 6) is 1.16. The number of aldehydes is 1. The molecule has 0 aromatic rings. The minimum absolute atomic E-state index is 0.0822. The van der Waals surface area contributed by atoms with E-state index in [9.17, 15) is 4.79 Å². The second kappa shape index (κ2) is 2.58. The van der Waals surface area contributed by atoms with Crippen LogP contribution in [0.4, 0.5) is 0 Å². The molecule has 1 saturated carbocycles. The van der Waals surface area contributed by atoms with Crippen LogP contribution in [0.25, 0.3) is 0 Å². The Labute approximate surface area is 73.2 Å². The lowest BCUT2D eigenvalue weighted by Crippen LogP contribution is -2.26. The van der Waals surface area contributed by atoms with Gasteiger partial charge in [0.25, 0.3) is 0 Å². The zero-order valence-corrected chi connectivity index (χ0v) is 7.20. The summed E-state index contributed by atoms with van der Waals surface area (Å²) in [4.78, 5) is 11.0. The molecule has 1 nitrogen and oxygen atoms in total. The van der Waals surface area contributed by atoms with Crippen LogP contribution in [0.2, 0.25) is 0 Å². The molecule has 0 spiro atoms. The summed E-state index contributed by atoms with van der Waals surface area (Å²) in [6.07, 6.45) is 10.6. The van der Waals surface area contributed by atoms with Crippen molar-refractivity contribution in [2.45, 2.75) is 19.3 Å². The standard InChI is InChI=1S/C11H14O/c1-2-5-11(8-12)7-9-3-4-10(11)6-9/h2-4,8-10H,1,5-7H2/t9-,10+,11+/m0/s1. The number of carbonyl (C=O) groups excluding carboxylic acids is 1. The molecule has 64 valence electrons. The smallest absolute Gasteiger partial charge is 0.127 e. The van der Waals surface area contributed by atoms with E-state index in [2.05, 4.69) is 18.7 Å². The molecule has 0 heterocycles. The van der Waals surface area contributed by atoms with E-state index in [-0.39, 0.29) is 5.41 Å². The average molecular weight is 162 g/mol. The molecule has 2 rings (SSSR count). The normalized spacial score (nSPS) is 43.3. The van der Waals surface area contributed by atoms with Crippen molar-refractivity contribution in [2.75, 3.05) is 0 Å². The summed E-state index contributed by atoms with van der Waals surface area (Å²) < 4.78 is 0. The fourth-order valence-electron chi connectivity index (χ4n) is 2.68. The van der Waals surface area contributed by atoms with Gasteiger partial charge in [0.05, 0.1) is 0 Å². The predicted molar refractivity (Wildman–Crippen MR) is 48.7 cm³/mol. The van der Waals surface area contributed by atoms with Crippen LogP contribution in [-0.2, 0) is 4.79 Å². The molecule has 0 aromatic heterocycles. The molecule has 3 atom stereocenters. The van der Waals surface area contributed by atoms with Crippen molar-refractivity contribution in [1.29, 1.82) is 0 Å². The Hall–Kier alpha value is -0.850. The molecule has 0 radical (unpaired) electrons. The highest BCUT2D eigenvalue weighted by atomic mass is 16.1. The van der Waals surface area contributed by atoms with E-state index in [1.807, 2.05) is 6.08 Å². The molecule has 2 bridgehead atoms. The molecule has 12 heavy (non-hydrogen) atoms. The Bertz CT molecular complexity index is 241. The van der Waals surface area contributed by atoms with Gasteiger partial charge in [-0.25, -0.2) is 0 Å². The van der Waals surface area contributed by atoms with Crippen LogP contribution in [0.1, 0.15) is 19.3 Å². The number of hydrogen-bond donors (Lipinski definition) is 0. The Kier molecular flexibility index (Phi) is 1.67. The van der Waals surface area contributed by atoms with Gasteiger partial charge in [0.15, 0.2) is 0 Å². The zero-order chi connectivity index (χ0) is 8.60. The highest BCUT2D eigenvalue weighted by molar-refractivity contribution is 5.63. The highest BCUT2D eigenvalue weighted by Crippen LogP contribution is 2.52. The number of carbonyl (C=O) groups is 1. The van der Waals surface area contributed by atoms with Crippen LogP contribution in [-0.4, -0.2) is 6.29 Å². The minimum atomic E-state index is -0.0822. The third-order valence-corrected chi connectivity index (χ3v) is 3.31. The van der Waals surface area contributed by atoms with Crippen LogP contribution in [0.15, 0.2) is 24.8 Å². The van der Waals surface area contributed by atoms with Crippen LogP contribution in [0, 0.1) is 17.3 Å². The van der Waals surface area contributed by atoms with Crippen LogP contribution < -0.4 is 0 Å². The fraction of sp³-hybridized carbons (Fsp3) is 0.545. The number of hydrogen-bond acceptors (Lipinski definition) is 1. The first-order chi connectivity index (χ1) is 5.80. The lowest BCUT2D eigenvalue weighted by Gasteiger charge is -2.28. The predicted octanol–water partition coefficient (Wildman–Crippen LogP) is 2.34. The quantitative estimate of drug-likeness (QED) is 0.460. The molecule has 0 saturated heterocycles. The SMILES string of the molecule is C=CC[C@]1(C=O)C[C@H]2C=C[C@@H]1C2. The van der Waals surface area contributed by atoms with E-state index < -0.39 is 0 Å². The average Bonchev–Trinajstić information content (AvgIpc) is 2.64. The third-order valence-electron chi connectivity index (χ3n) is 3.31. The van der Waals surface area contributed by atoms with Crippen LogP contribution in [0.5, 0.6) is 0 Å². The summed E-state index contributed by atoms with van der Waals surface area (Å²) in [6, 6.07) is 0. The van der Waals surface area contributed by atoms with Crippen molar-refractivity contribution in [3.8, 4) is 0 Å². The van der Waals surface area contributed by atoms with E-state index in [0.717, 1.165) is 19.1 Å². The Morgan fingerprint density at radius 3 is 2.83 bits per heavy atom.